The van der Waals surface area contributed by atoms with E-state index in [1.165, 1.54) is 4.90 Å². The van der Waals surface area contributed by atoms with Gasteiger partial charge in [0.15, 0.2) is 0 Å². The van der Waals surface area contributed by atoms with Gasteiger partial charge in [0, 0.05) is 12.8 Å². The number of halogens is 1. The SMILES string of the molecule is C=C(Br)C[C@@H](NC(=O)[C@@H]1Cc2ccccc2CN1C(=O)OCc1ccccc1)C(=O)O. The van der Waals surface area contributed by atoms with E-state index in [-0.39, 0.29) is 26.0 Å². The number of nitrogens with one attached hydrogen (secondary N) is 1. The molecule has 1 aliphatic rings. The molecular formula is C23H23BrN2O5. The van der Waals surface area contributed by atoms with Gasteiger partial charge in [0.2, 0.25) is 5.91 Å². The molecule has 0 aliphatic carbocycles. The van der Waals surface area contributed by atoms with E-state index in [0.29, 0.717) is 4.48 Å². The van der Waals surface area contributed by atoms with Crippen LogP contribution in [0, 0.1) is 0 Å². The van der Waals surface area contributed by atoms with E-state index in [9.17, 15) is 19.5 Å². The zero-order valence-electron chi connectivity index (χ0n) is 16.8. The average Bonchev–Trinajstić information content (AvgIpc) is 2.76. The van der Waals surface area contributed by atoms with Crippen LogP contribution >= 0.6 is 15.9 Å². The minimum atomic E-state index is -1.18. The molecule has 3 rings (SSSR count). The summed E-state index contributed by atoms with van der Waals surface area (Å²) in [6, 6.07) is 14.7. The number of hydrogen-bond donors (Lipinski definition) is 2. The molecule has 31 heavy (non-hydrogen) atoms. The monoisotopic (exact) mass is 486 g/mol. The van der Waals surface area contributed by atoms with Crippen LogP contribution in [0.25, 0.3) is 0 Å². The number of carbonyl (C=O) groups excluding carboxylic acids is 2. The van der Waals surface area contributed by atoms with E-state index in [0.717, 1.165) is 16.7 Å². The van der Waals surface area contributed by atoms with Crippen LogP contribution in [0.15, 0.2) is 65.7 Å². The van der Waals surface area contributed by atoms with Crippen molar-refractivity contribution in [3.63, 3.8) is 0 Å². The van der Waals surface area contributed by atoms with Crippen molar-refractivity contribution in [1.82, 2.24) is 10.2 Å². The molecule has 2 aromatic rings. The molecule has 2 N–H and O–H groups in total. The average molecular weight is 487 g/mol. The van der Waals surface area contributed by atoms with Crippen molar-refractivity contribution in [1.29, 1.82) is 0 Å². The van der Waals surface area contributed by atoms with Gasteiger partial charge >= 0.3 is 12.1 Å². The number of rotatable bonds is 7. The Morgan fingerprint density at radius 1 is 1.13 bits per heavy atom. The number of carboxylic acids is 1. The number of amides is 2. The van der Waals surface area contributed by atoms with Crippen molar-refractivity contribution in [2.75, 3.05) is 0 Å². The molecule has 0 fully saturated rings. The quantitative estimate of drug-likeness (QED) is 0.622. The summed E-state index contributed by atoms with van der Waals surface area (Å²) >= 11 is 3.13. The maximum atomic E-state index is 13.0. The Bertz CT molecular complexity index is 979. The molecule has 2 aromatic carbocycles. The van der Waals surface area contributed by atoms with Gasteiger partial charge in [0.25, 0.3) is 0 Å². The highest BCUT2D eigenvalue weighted by Gasteiger charge is 2.37. The van der Waals surface area contributed by atoms with E-state index < -0.39 is 30.1 Å². The van der Waals surface area contributed by atoms with Crippen LogP contribution in [0.4, 0.5) is 4.79 Å². The molecule has 8 heteroatoms. The van der Waals surface area contributed by atoms with Crippen LogP contribution in [0.2, 0.25) is 0 Å². The van der Waals surface area contributed by atoms with E-state index in [1.54, 1.807) is 0 Å². The molecule has 0 saturated heterocycles. The first-order chi connectivity index (χ1) is 14.8. The Morgan fingerprint density at radius 2 is 1.77 bits per heavy atom. The number of carbonyl (C=O) groups is 3. The molecule has 0 radical (unpaired) electrons. The summed E-state index contributed by atoms with van der Waals surface area (Å²) in [7, 11) is 0. The maximum Gasteiger partial charge on any atom is 0.411 e. The predicted octanol–water partition coefficient (Wildman–Crippen LogP) is 3.62. The molecule has 1 heterocycles. The van der Waals surface area contributed by atoms with Gasteiger partial charge in [-0.25, -0.2) is 9.59 Å². The van der Waals surface area contributed by atoms with Gasteiger partial charge < -0.3 is 15.2 Å². The summed E-state index contributed by atoms with van der Waals surface area (Å²) in [4.78, 5) is 38.8. The summed E-state index contributed by atoms with van der Waals surface area (Å²) in [5.74, 6) is -1.73. The van der Waals surface area contributed by atoms with Crippen LogP contribution in [0.3, 0.4) is 0 Å². The molecule has 0 bridgehead atoms. The second-order valence-electron chi connectivity index (χ2n) is 7.28. The van der Waals surface area contributed by atoms with Gasteiger partial charge in [-0.15, -0.1) is 0 Å². The van der Waals surface area contributed by atoms with E-state index in [2.05, 4.69) is 27.8 Å². The van der Waals surface area contributed by atoms with Crippen molar-refractivity contribution in [2.45, 2.75) is 38.1 Å². The fourth-order valence-corrected chi connectivity index (χ4v) is 3.76. The van der Waals surface area contributed by atoms with Crippen LogP contribution in [-0.4, -0.2) is 40.1 Å². The van der Waals surface area contributed by atoms with Gasteiger partial charge in [-0.3, -0.25) is 9.69 Å². The predicted molar refractivity (Wildman–Crippen MR) is 118 cm³/mol. The molecular weight excluding hydrogens is 464 g/mol. The highest BCUT2D eigenvalue weighted by Crippen LogP contribution is 2.25. The Balaban J connectivity index is 1.78. The fourth-order valence-electron chi connectivity index (χ4n) is 3.44. The maximum absolute atomic E-state index is 13.0. The first-order valence-corrected chi connectivity index (χ1v) is 10.5. The number of benzene rings is 2. The zero-order chi connectivity index (χ0) is 22.4. The highest BCUT2D eigenvalue weighted by atomic mass is 79.9. The second kappa shape index (κ2) is 10.3. The van der Waals surface area contributed by atoms with Crippen molar-refractivity contribution in [3.8, 4) is 0 Å². The van der Waals surface area contributed by atoms with Crippen molar-refractivity contribution >= 4 is 33.9 Å². The van der Waals surface area contributed by atoms with Gasteiger partial charge in [-0.05, 0) is 21.2 Å². The summed E-state index contributed by atoms with van der Waals surface area (Å²) < 4.78 is 5.90. The lowest BCUT2D eigenvalue weighted by molar-refractivity contribution is -0.142. The molecule has 2 amide bonds. The number of carboxylic acid groups (broad SMARTS) is 1. The Morgan fingerprint density at radius 3 is 2.42 bits per heavy atom. The lowest BCUT2D eigenvalue weighted by Gasteiger charge is -2.35. The number of aliphatic carboxylic acids is 1. The largest absolute Gasteiger partial charge is 0.480 e. The summed E-state index contributed by atoms with van der Waals surface area (Å²) in [5.41, 5.74) is 2.69. The summed E-state index contributed by atoms with van der Waals surface area (Å²) in [5, 5.41) is 12.0. The minimum absolute atomic E-state index is 0.0306. The number of nitrogens with zero attached hydrogens (tertiary/aromatic N) is 1. The molecule has 0 saturated carbocycles. The summed E-state index contributed by atoms with van der Waals surface area (Å²) in [6.45, 7) is 3.92. The zero-order valence-corrected chi connectivity index (χ0v) is 18.4. The number of fused-ring (bicyclic) bond motifs is 1. The van der Waals surface area contributed by atoms with Gasteiger partial charge in [0.1, 0.15) is 18.7 Å². The van der Waals surface area contributed by atoms with Crippen molar-refractivity contribution in [2.24, 2.45) is 0 Å². The van der Waals surface area contributed by atoms with Gasteiger partial charge in [-0.1, -0.05) is 77.1 Å². The van der Waals surface area contributed by atoms with E-state index in [1.807, 2.05) is 54.6 Å². The lowest BCUT2D eigenvalue weighted by Crippen LogP contribution is -2.55. The minimum Gasteiger partial charge on any atom is -0.480 e. The standard InChI is InChI=1S/C23H23BrN2O5/c1-15(24)11-19(22(28)29)25-21(27)20-12-17-9-5-6-10-18(17)13-26(20)23(30)31-14-16-7-3-2-4-8-16/h2-10,19-20H,1,11-14H2,(H,25,27)(H,28,29)/t19-,20+/m1/s1. The molecule has 0 unspecified atom stereocenters. The van der Waals surface area contributed by atoms with Crippen LogP contribution in [0.1, 0.15) is 23.1 Å². The van der Waals surface area contributed by atoms with Crippen molar-refractivity contribution in [3.05, 3.63) is 82.3 Å². The molecule has 162 valence electrons. The first-order valence-electron chi connectivity index (χ1n) is 9.75. The number of ether oxygens (including phenoxy) is 1. The topological polar surface area (TPSA) is 95.9 Å². The Hall–Kier alpha value is -3.13. The second-order valence-corrected chi connectivity index (χ2v) is 8.40. The Kier molecular flexibility index (Phi) is 7.46. The molecule has 0 spiro atoms. The normalized spacial score (nSPS) is 16.0. The van der Waals surface area contributed by atoms with Crippen LogP contribution in [-0.2, 0) is 33.9 Å². The fraction of sp³-hybridized carbons (Fsp3) is 0.261. The van der Waals surface area contributed by atoms with Gasteiger partial charge in [0.05, 0.1) is 6.54 Å². The first kappa shape index (κ1) is 22.6. The van der Waals surface area contributed by atoms with Crippen LogP contribution < -0.4 is 5.32 Å². The molecule has 7 nitrogen and oxygen atoms in total. The number of hydrogen-bond acceptors (Lipinski definition) is 4. The Labute approximate surface area is 188 Å². The highest BCUT2D eigenvalue weighted by molar-refractivity contribution is 9.11. The summed E-state index contributed by atoms with van der Waals surface area (Å²) in [6.07, 6.45) is -0.331. The molecule has 1 aliphatic heterocycles. The lowest BCUT2D eigenvalue weighted by atomic mass is 9.93. The van der Waals surface area contributed by atoms with E-state index >= 15 is 0 Å². The molecule has 0 aromatic heterocycles. The van der Waals surface area contributed by atoms with Crippen molar-refractivity contribution < 1.29 is 24.2 Å². The third kappa shape index (κ3) is 5.95. The van der Waals surface area contributed by atoms with E-state index in [4.69, 9.17) is 4.74 Å². The molecule has 2 atom stereocenters. The van der Waals surface area contributed by atoms with Crippen LogP contribution in [0.5, 0.6) is 0 Å². The third-order valence-corrected chi connectivity index (χ3v) is 5.35. The third-order valence-electron chi connectivity index (χ3n) is 5.03. The van der Waals surface area contributed by atoms with Gasteiger partial charge in [-0.2, -0.15) is 0 Å². The smallest absolute Gasteiger partial charge is 0.411 e.